The molecule has 1 rings (SSSR count). The lowest BCUT2D eigenvalue weighted by molar-refractivity contribution is 0.627. The molecule has 1 heterocycles. The van der Waals surface area contributed by atoms with Gasteiger partial charge in [0.2, 0.25) is 10.3 Å². The summed E-state index contributed by atoms with van der Waals surface area (Å²) in [4.78, 5) is 0. The molecule has 1 aliphatic rings. The summed E-state index contributed by atoms with van der Waals surface area (Å²) in [5.74, 6) is 0. The van der Waals surface area contributed by atoms with Gasteiger partial charge in [-0.05, 0) is 15.9 Å². The minimum absolute atomic E-state index is 0.336. The van der Waals surface area contributed by atoms with Gasteiger partial charge in [-0.1, -0.05) is 23.4 Å². The van der Waals surface area contributed by atoms with Crippen LogP contribution in [-0.2, 0) is 10.3 Å². The third-order valence-corrected chi connectivity index (χ3v) is 4.50. The largest absolute Gasteiger partial charge is 0.224 e. The number of rotatable bonds is 0. The summed E-state index contributed by atoms with van der Waals surface area (Å²) in [5, 5.41) is 0.559. The summed E-state index contributed by atoms with van der Waals surface area (Å²) >= 11 is 9.90. The molecule has 0 aromatic carbocycles. The molecule has 6 heteroatoms. The molecule has 0 saturated carbocycles. The van der Waals surface area contributed by atoms with Crippen molar-refractivity contribution in [1.82, 2.24) is 0 Å². The summed E-state index contributed by atoms with van der Waals surface area (Å²) < 4.78 is 21.7. The zero-order valence-electron chi connectivity index (χ0n) is 4.60. The second-order valence-corrected chi connectivity index (χ2v) is 5.66. The van der Waals surface area contributed by atoms with Gasteiger partial charge in [-0.15, -0.1) is 0 Å². The molecule has 0 amide bonds. The fourth-order valence-corrected chi connectivity index (χ4v) is 3.32. The summed E-state index contributed by atoms with van der Waals surface area (Å²) in [6.45, 7) is 0. The molecular formula is C4H2BrClO2S2. The van der Waals surface area contributed by atoms with Crippen molar-refractivity contribution in [2.75, 3.05) is 0 Å². The summed E-state index contributed by atoms with van der Waals surface area (Å²) in [6.07, 6.45) is 0.336. The van der Waals surface area contributed by atoms with Crippen LogP contribution < -0.4 is 0 Å². The van der Waals surface area contributed by atoms with Gasteiger partial charge in [-0.25, -0.2) is 0 Å². The van der Waals surface area contributed by atoms with Gasteiger partial charge in [0, 0.05) is 11.5 Å². The van der Waals surface area contributed by atoms with Crippen molar-refractivity contribution in [3.05, 3.63) is 8.85 Å². The minimum atomic E-state index is -2.11. The van der Waals surface area contributed by atoms with Crippen molar-refractivity contribution in [3.8, 4) is 0 Å². The minimum Gasteiger partial charge on any atom is -0.184 e. The van der Waals surface area contributed by atoms with Crippen LogP contribution in [0.15, 0.2) is 8.85 Å². The zero-order chi connectivity index (χ0) is 7.72. The Bertz CT molecular complexity index is 292. The third kappa shape index (κ3) is 1.78. The van der Waals surface area contributed by atoms with Crippen LogP contribution in [0.1, 0.15) is 6.42 Å². The van der Waals surface area contributed by atoms with E-state index < -0.39 is 10.3 Å². The normalized spacial score (nSPS) is 18.4. The molecule has 0 N–H and O–H groups in total. The lowest BCUT2D eigenvalue weighted by atomic mass is 10.5. The number of thioether (sulfide) groups is 1. The van der Waals surface area contributed by atoms with E-state index in [-0.39, 0.29) is 0 Å². The van der Waals surface area contributed by atoms with Crippen LogP contribution in [0.25, 0.3) is 0 Å². The quantitative estimate of drug-likeness (QED) is 0.625. The number of hydrogen-bond donors (Lipinski definition) is 0. The van der Waals surface area contributed by atoms with E-state index in [4.69, 9.17) is 11.6 Å². The topological polar surface area (TPSA) is 34.1 Å². The Kier molecular flexibility index (Phi) is 2.85. The van der Waals surface area contributed by atoms with Crippen LogP contribution in [0.3, 0.4) is 0 Å². The van der Waals surface area contributed by atoms with Gasteiger partial charge in [0.15, 0.2) is 0 Å². The fraction of sp³-hybridized carbons (Fsp3) is 0.250. The molecule has 0 spiro atoms. The second kappa shape index (κ2) is 3.30. The number of allylic oxidation sites excluding steroid dienone is 1. The van der Waals surface area contributed by atoms with Crippen molar-refractivity contribution in [1.29, 1.82) is 0 Å². The number of halogens is 2. The molecule has 0 aromatic rings. The maximum absolute atomic E-state index is 10.3. The van der Waals surface area contributed by atoms with Crippen LogP contribution >= 0.6 is 39.3 Å². The summed E-state index contributed by atoms with van der Waals surface area (Å²) in [7, 11) is -2.11. The predicted octanol–water partition coefficient (Wildman–Crippen LogP) is 1.94. The predicted molar refractivity (Wildman–Crippen MR) is 47.9 cm³/mol. The van der Waals surface area contributed by atoms with Gasteiger partial charge in [-0.2, -0.15) is 8.42 Å². The highest BCUT2D eigenvalue weighted by Gasteiger charge is 2.18. The molecule has 0 fully saturated rings. The molecule has 0 saturated heterocycles. The van der Waals surface area contributed by atoms with Crippen molar-refractivity contribution in [2.45, 2.75) is 6.42 Å². The number of hydrogen-bond acceptors (Lipinski definition) is 3. The first-order valence-electron chi connectivity index (χ1n) is 2.28. The molecular weight excluding hydrogens is 260 g/mol. The highest BCUT2D eigenvalue weighted by molar-refractivity contribution is 9.14. The summed E-state index contributed by atoms with van der Waals surface area (Å²) in [6, 6.07) is 0. The highest BCUT2D eigenvalue weighted by atomic mass is 79.9. The van der Waals surface area contributed by atoms with Gasteiger partial charge in [0.1, 0.15) is 4.20 Å². The molecule has 2 nitrogen and oxygen atoms in total. The monoisotopic (exact) mass is 260 g/mol. The van der Waals surface area contributed by atoms with E-state index in [9.17, 15) is 8.42 Å². The third-order valence-electron chi connectivity index (χ3n) is 0.902. The average molecular weight is 262 g/mol. The van der Waals surface area contributed by atoms with Crippen molar-refractivity contribution >= 4 is 53.8 Å². The molecule has 0 unspecified atom stereocenters. The van der Waals surface area contributed by atoms with E-state index in [2.05, 4.69) is 15.9 Å². The fourth-order valence-electron chi connectivity index (χ4n) is 0.481. The van der Waals surface area contributed by atoms with Gasteiger partial charge in [0.05, 0.1) is 3.81 Å². The van der Waals surface area contributed by atoms with Gasteiger partial charge in [0.25, 0.3) is 0 Å². The van der Waals surface area contributed by atoms with E-state index in [0.717, 1.165) is 11.8 Å². The highest BCUT2D eigenvalue weighted by Crippen LogP contribution is 2.39. The molecule has 1 aliphatic heterocycles. The van der Waals surface area contributed by atoms with Crippen LogP contribution in [0.4, 0.5) is 0 Å². The molecule has 0 aromatic heterocycles. The molecule has 56 valence electrons. The SMILES string of the molecule is O=S(=O)=C1CC(Cl)=C(Br)S1. The lowest BCUT2D eigenvalue weighted by Gasteiger charge is -1.81. The first-order valence-corrected chi connectivity index (χ1v) is 5.34. The van der Waals surface area contributed by atoms with E-state index in [0.29, 0.717) is 19.5 Å². The Labute approximate surface area is 77.3 Å². The van der Waals surface area contributed by atoms with Gasteiger partial charge in [-0.3, -0.25) is 0 Å². The van der Waals surface area contributed by atoms with E-state index in [1.165, 1.54) is 0 Å². The molecule has 10 heavy (non-hydrogen) atoms. The molecule has 0 bridgehead atoms. The second-order valence-electron chi connectivity index (χ2n) is 1.56. The van der Waals surface area contributed by atoms with Crippen LogP contribution in [0.5, 0.6) is 0 Å². The maximum atomic E-state index is 10.3. The van der Waals surface area contributed by atoms with Gasteiger partial charge >= 0.3 is 0 Å². The molecule has 0 aliphatic carbocycles. The van der Waals surface area contributed by atoms with Crippen LogP contribution in [-0.4, -0.2) is 12.6 Å². The van der Waals surface area contributed by atoms with Crippen molar-refractivity contribution in [2.24, 2.45) is 0 Å². The first kappa shape index (κ1) is 8.64. The first-order chi connectivity index (χ1) is 4.61. The standard InChI is InChI=1S/C4H2BrClO2S2/c5-4-2(6)1-3(9-4)10(7)8/h1H2. The van der Waals surface area contributed by atoms with Gasteiger partial charge < -0.3 is 0 Å². The average Bonchev–Trinajstić information content (AvgIpc) is 2.13. The van der Waals surface area contributed by atoms with E-state index in [1.54, 1.807) is 0 Å². The van der Waals surface area contributed by atoms with Crippen molar-refractivity contribution < 1.29 is 8.42 Å². The van der Waals surface area contributed by atoms with Crippen LogP contribution in [0.2, 0.25) is 0 Å². The Hall–Kier alpha value is 0.550. The zero-order valence-corrected chi connectivity index (χ0v) is 8.57. The smallest absolute Gasteiger partial charge is 0.184 e. The summed E-state index contributed by atoms with van der Waals surface area (Å²) in [5.41, 5.74) is 0. The van der Waals surface area contributed by atoms with E-state index in [1.807, 2.05) is 0 Å². The molecule has 0 radical (unpaired) electrons. The lowest BCUT2D eigenvalue weighted by Crippen LogP contribution is -1.84. The van der Waals surface area contributed by atoms with Crippen LogP contribution in [0, 0.1) is 0 Å². The van der Waals surface area contributed by atoms with E-state index >= 15 is 0 Å². The van der Waals surface area contributed by atoms with Crippen molar-refractivity contribution in [3.63, 3.8) is 0 Å². The maximum Gasteiger partial charge on any atom is 0.224 e. The Morgan fingerprint density at radius 2 is 2.20 bits per heavy atom. The Balaban J connectivity index is 2.99. The Morgan fingerprint density at radius 3 is 2.40 bits per heavy atom. The Morgan fingerprint density at radius 1 is 1.60 bits per heavy atom. The molecule has 0 atom stereocenters.